The van der Waals surface area contributed by atoms with Gasteiger partial charge >= 0.3 is 0 Å². The van der Waals surface area contributed by atoms with Crippen LogP contribution < -0.4 is 9.80 Å². The summed E-state index contributed by atoms with van der Waals surface area (Å²) in [6, 6.07) is 80.3. The van der Waals surface area contributed by atoms with Crippen LogP contribution in [-0.2, 0) is 5.41 Å². The van der Waals surface area contributed by atoms with Crippen molar-refractivity contribution >= 4 is 55.7 Å². The summed E-state index contributed by atoms with van der Waals surface area (Å²) in [5, 5.41) is 4.90. The third-order valence-electron chi connectivity index (χ3n) is 13.4. The minimum absolute atomic E-state index is 0.278. The molecule has 0 fully saturated rings. The second kappa shape index (κ2) is 15.3. The molecule has 1 aliphatic rings. The maximum Gasteiger partial charge on any atom is 0.0540 e. The Hall–Kier alpha value is -7.68. The van der Waals surface area contributed by atoms with E-state index in [1.54, 1.807) is 0 Å². The summed E-state index contributed by atoms with van der Waals surface area (Å²) in [5.74, 6) is 0. The monoisotopic (exact) mass is 808 g/mol. The molecule has 10 aromatic carbocycles. The lowest BCUT2D eigenvalue weighted by molar-refractivity contribution is 0.660. The van der Waals surface area contributed by atoms with E-state index in [0.717, 1.165) is 34.1 Å². The molecular formula is C61H48N2. The molecule has 0 spiro atoms. The number of aryl methyl sites for hydroxylation is 1. The Morgan fingerprint density at radius 2 is 0.857 bits per heavy atom. The number of fused-ring (bicyclic) bond motifs is 5. The largest absolute Gasteiger partial charge is 0.310 e. The lowest BCUT2D eigenvalue weighted by Crippen LogP contribution is -2.18. The van der Waals surface area contributed by atoms with Crippen LogP contribution in [0.2, 0.25) is 0 Å². The fourth-order valence-electron chi connectivity index (χ4n) is 10.1. The van der Waals surface area contributed by atoms with Crippen molar-refractivity contribution in [3.05, 3.63) is 241 Å². The van der Waals surface area contributed by atoms with Crippen LogP contribution in [0.1, 0.15) is 36.1 Å². The van der Waals surface area contributed by atoms with Crippen LogP contribution in [0.5, 0.6) is 0 Å². The van der Waals surface area contributed by atoms with Gasteiger partial charge in [0.1, 0.15) is 0 Å². The van der Waals surface area contributed by atoms with Crippen molar-refractivity contribution in [2.45, 2.75) is 33.1 Å². The van der Waals surface area contributed by atoms with Crippen LogP contribution in [0.25, 0.3) is 54.9 Å². The molecule has 11 rings (SSSR count). The second-order valence-corrected chi connectivity index (χ2v) is 17.5. The minimum atomic E-state index is -0.278. The van der Waals surface area contributed by atoms with Gasteiger partial charge in [0.15, 0.2) is 0 Å². The molecule has 0 N–H and O–H groups in total. The molecule has 0 aliphatic heterocycles. The smallest absolute Gasteiger partial charge is 0.0540 e. The van der Waals surface area contributed by atoms with E-state index in [4.69, 9.17) is 0 Å². The SMILES string of the molecule is Cc1ccccc1-c1cccc(N(c2cccc(-c3ccccc3)c2)c2ccc3c(c2)C(C)(C)c2cc(N(c4ccc5ccccc5c4)c4cccc5ccccc45)ccc2-3)c1C. The number of rotatable bonds is 8. The zero-order chi connectivity index (χ0) is 42.7. The van der Waals surface area contributed by atoms with Crippen molar-refractivity contribution in [3.8, 4) is 33.4 Å². The van der Waals surface area contributed by atoms with Gasteiger partial charge < -0.3 is 9.80 Å². The van der Waals surface area contributed by atoms with E-state index in [0.29, 0.717) is 0 Å². The molecule has 10 aromatic rings. The molecule has 0 heterocycles. The van der Waals surface area contributed by atoms with E-state index in [2.05, 4.69) is 256 Å². The number of benzene rings is 10. The Morgan fingerprint density at radius 1 is 0.333 bits per heavy atom. The molecule has 0 unspecified atom stereocenters. The quantitative estimate of drug-likeness (QED) is 0.151. The number of hydrogen-bond donors (Lipinski definition) is 0. The van der Waals surface area contributed by atoms with Gasteiger partial charge in [-0.25, -0.2) is 0 Å². The zero-order valence-electron chi connectivity index (χ0n) is 36.2. The average Bonchev–Trinajstić information content (AvgIpc) is 3.55. The van der Waals surface area contributed by atoms with E-state index < -0.39 is 0 Å². The molecule has 2 heteroatoms. The van der Waals surface area contributed by atoms with E-state index in [-0.39, 0.29) is 5.41 Å². The Balaban J connectivity index is 1.06. The predicted octanol–water partition coefficient (Wildman–Crippen LogP) is 17.2. The summed E-state index contributed by atoms with van der Waals surface area (Å²) >= 11 is 0. The maximum absolute atomic E-state index is 2.47. The summed E-state index contributed by atoms with van der Waals surface area (Å²) in [6.07, 6.45) is 0. The molecule has 1 aliphatic carbocycles. The summed E-state index contributed by atoms with van der Waals surface area (Å²) in [6.45, 7) is 9.27. The van der Waals surface area contributed by atoms with Crippen LogP contribution in [-0.4, -0.2) is 0 Å². The molecule has 0 radical (unpaired) electrons. The molecule has 0 bridgehead atoms. The first-order valence-corrected chi connectivity index (χ1v) is 22.0. The molecule has 302 valence electrons. The van der Waals surface area contributed by atoms with Gasteiger partial charge in [0, 0.05) is 39.2 Å². The lowest BCUT2D eigenvalue weighted by atomic mass is 9.82. The molecule has 0 saturated carbocycles. The summed E-state index contributed by atoms with van der Waals surface area (Å²) in [5.41, 5.74) is 19.2. The van der Waals surface area contributed by atoms with Gasteiger partial charge in [0.25, 0.3) is 0 Å². The van der Waals surface area contributed by atoms with Gasteiger partial charge in [-0.05, 0) is 146 Å². The highest BCUT2D eigenvalue weighted by Crippen LogP contribution is 2.53. The Labute approximate surface area is 371 Å². The third-order valence-corrected chi connectivity index (χ3v) is 13.4. The fraction of sp³-hybridized carbons (Fsp3) is 0.0820. The first kappa shape index (κ1) is 38.3. The van der Waals surface area contributed by atoms with Crippen molar-refractivity contribution < 1.29 is 0 Å². The maximum atomic E-state index is 2.47. The fourth-order valence-corrected chi connectivity index (χ4v) is 10.1. The van der Waals surface area contributed by atoms with E-state index in [9.17, 15) is 0 Å². The molecule has 2 nitrogen and oxygen atoms in total. The van der Waals surface area contributed by atoms with Crippen molar-refractivity contribution in [1.82, 2.24) is 0 Å². The lowest BCUT2D eigenvalue weighted by Gasteiger charge is -2.31. The normalized spacial score (nSPS) is 12.6. The van der Waals surface area contributed by atoms with Gasteiger partial charge in [-0.15, -0.1) is 0 Å². The van der Waals surface area contributed by atoms with Crippen molar-refractivity contribution in [3.63, 3.8) is 0 Å². The molecule has 63 heavy (non-hydrogen) atoms. The highest BCUT2D eigenvalue weighted by Gasteiger charge is 2.37. The van der Waals surface area contributed by atoms with Crippen LogP contribution in [0.3, 0.4) is 0 Å². The van der Waals surface area contributed by atoms with Crippen LogP contribution >= 0.6 is 0 Å². The second-order valence-electron chi connectivity index (χ2n) is 17.5. The van der Waals surface area contributed by atoms with E-state index in [1.807, 2.05) is 0 Å². The zero-order valence-corrected chi connectivity index (χ0v) is 36.2. The van der Waals surface area contributed by atoms with Crippen LogP contribution in [0, 0.1) is 13.8 Å². The first-order chi connectivity index (χ1) is 30.8. The molecular weight excluding hydrogens is 761 g/mol. The Kier molecular flexibility index (Phi) is 9.32. The number of anilines is 6. The number of hydrogen-bond acceptors (Lipinski definition) is 2. The average molecular weight is 809 g/mol. The van der Waals surface area contributed by atoms with Gasteiger partial charge in [0.2, 0.25) is 0 Å². The summed E-state index contributed by atoms with van der Waals surface area (Å²) in [7, 11) is 0. The summed E-state index contributed by atoms with van der Waals surface area (Å²) in [4.78, 5) is 4.92. The first-order valence-electron chi connectivity index (χ1n) is 22.0. The highest BCUT2D eigenvalue weighted by atomic mass is 15.2. The predicted molar refractivity (Wildman–Crippen MR) is 269 cm³/mol. The Bertz CT molecular complexity index is 3350. The molecule has 0 saturated heterocycles. The topological polar surface area (TPSA) is 6.48 Å². The van der Waals surface area contributed by atoms with Crippen molar-refractivity contribution in [1.29, 1.82) is 0 Å². The van der Waals surface area contributed by atoms with Crippen molar-refractivity contribution in [2.24, 2.45) is 0 Å². The minimum Gasteiger partial charge on any atom is -0.310 e. The molecule has 0 amide bonds. The van der Waals surface area contributed by atoms with Gasteiger partial charge in [-0.2, -0.15) is 0 Å². The van der Waals surface area contributed by atoms with E-state index >= 15 is 0 Å². The van der Waals surface area contributed by atoms with Gasteiger partial charge in [0.05, 0.1) is 5.69 Å². The Morgan fingerprint density at radius 3 is 1.62 bits per heavy atom. The summed E-state index contributed by atoms with van der Waals surface area (Å²) < 4.78 is 0. The van der Waals surface area contributed by atoms with Crippen molar-refractivity contribution in [2.75, 3.05) is 9.80 Å². The molecule has 0 aromatic heterocycles. The van der Waals surface area contributed by atoms with Gasteiger partial charge in [-0.3, -0.25) is 0 Å². The van der Waals surface area contributed by atoms with Crippen LogP contribution in [0.15, 0.2) is 218 Å². The third kappa shape index (κ3) is 6.58. The number of nitrogens with zero attached hydrogens (tertiary/aromatic N) is 2. The van der Waals surface area contributed by atoms with Gasteiger partial charge in [-0.1, -0.05) is 172 Å². The van der Waals surface area contributed by atoms with E-state index in [1.165, 1.54) is 77.2 Å². The van der Waals surface area contributed by atoms with Crippen LogP contribution in [0.4, 0.5) is 34.1 Å². The molecule has 0 atom stereocenters. The highest BCUT2D eigenvalue weighted by molar-refractivity contribution is 6.01. The standard InChI is InChI=1S/C61H48N2/c1-41-17-8-12-26-52(41)53-28-16-29-59(42(53)2)62(48-25-14-24-47(37-48)43-18-6-5-7-19-43)50-33-35-55-56-36-34-51(40-58(56)61(3,4)57(55)39-50)63(49-32-31-44-20-9-10-22-46(44)38-49)60-30-15-23-45-21-11-13-27-54(45)60/h5-40H,1-4H3.